The lowest BCUT2D eigenvalue weighted by atomic mass is 10.2. The van der Waals surface area contributed by atoms with Crippen molar-refractivity contribution in [2.75, 3.05) is 32.8 Å². The summed E-state index contributed by atoms with van der Waals surface area (Å²) in [7, 11) is 1.41. The molecule has 0 bridgehead atoms. The molecule has 0 spiro atoms. The molecule has 2 aromatic heterocycles. The molecule has 0 amide bonds. The topological polar surface area (TPSA) is 97.8 Å². The minimum Gasteiger partial charge on any atom is -0.544 e. The average molecular weight is 353 g/mol. The van der Waals surface area contributed by atoms with E-state index in [0.717, 1.165) is 29.0 Å². The molecule has 0 aromatic carbocycles. The standard InChI is InChI=1S/C15H19N3O5S/c1-9-10-12(19)16(2)15(22)18(13(10)24-11(9)14(20)21)4-3-17-5-7-23-8-6-17/h3-8H2,1-2H3,(H,20,21). The van der Waals surface area contributed by atoms with Gasteiger partial charge in [-0.05, 0) is 12.5 Å². The summed E-state index contributed by atoms with van der Waals surface area (Å²) in [4.78, 5) is 37.9. The van der Waals surface area contributed by atoms with Crippen LogP contribution in [0.4, 0.5) is 0 Å². The fourth-order valence-corrected chi connectivity index (χ4v) is 4.19. The van der Waals surface area contributed by atoms with Crippen LogP contribution in [-0.4, -0.2) is 48.0 Å². The van der Waals surface area contributed by atoms with Gasteiger partial charge in [0.2, 0.25) is 0 Å². The molecule has 1 aliphatic heterocycles. The zero-order chi connectivity index (χ0) is 17.4. The molecule has 1 fully saturated rings. The molecule has 0 atom stereocenters. The Kier molecular flexibility index (Phi) is 4.57. The normalized spacial score (nSPS) is 15.9. The number of hydrogen-bond donors (Lipinski definition) is 1. The van der Waals surface area contributed by atoms with Gasteiger partial charge in [0.15, 0.2) is 0 Å². The Morgan fingerprint density at radius 3 is 2.62 bits per heavy atom. The number of carbonyl (C=O) groups is 1. The van der Waals surface area contributed by atoms with Gasteiger partial charge in [-0.2, -0.15) is 0 Å². The van der Waals surface area contributed by atoms with Crippen molar-refractivity contribution in [1.29, 1.82) is 0 Å². The van der Waals surface area contributed by atoms with Gasteiger partial charge < -0.3 is 19.5 Å². The zero-order valence-electron chi connectivity index (χ0n) is 13.6. The molecule has 2 aromatic rings. The summed E-state index contributed by atoms with van der Waals surface area (Å²) in [6.45, 7) is 5.85. The first-order valence-corrected chi connectivity index (χ1v) is 8.59. The molecule has 0 aliphatic carbocycles. The van der Waals surface area contributed by atoms with Gasteiger partial charge in [0.1, 0.15) is 17.9 Å². The summed E-state index contributed by atoms with van der Waals surface area (Å²) in [6, 6.07) is 0. The fourth-order valence-electron chi connectivity index (χ4n) is 3.03. The molecule has 3 rings (SSSR count). The van der Waals surface area contributed by atoms with Gasteiger partial charge in [0, 0.05) is 7.05 Å². The van der Waals surface area contributed by atoms with Gasteiger partial charge in [-0.3, -0.25) is 13.9 Å². The Balaban J connectivity index is 2.08. The number of nitrogens with one attached hydrogen (secondary N) is 1. The number of fused-ring (bicyclic) bond motifs is 1. The number of quaternary nitrogens is 1. The third kappa shape index (κ3) is 2.79. The maximum absolute atomic E-state index is 12.5. The molecule has 24 heavy (non-hydrogen) atoms. The van der Waals surface area contributed by atoms with E-state index in [1.54, 1.807) is 6.92 Å². The number of carboxylic acids is 1. The van der Waals surface area contributed by atoms with Crippen LogP contribution in [0.15, 0.2) is 9.59 Å². The summed E-state index contributed by atoms with van der Waals surface area (Å²) < 4.78 is 7.86. The van der Waals surface area contributed by atoms with Crippen LogP contribution in [0.3, 0.4) is 0 Å². The van der Waals surface area contributed by atoms with E-state index in [-0.39, 0.29) is 4.88 Å². The zero-order valence-corrected chi connectivity index (χ0v) is 14.4. The number of morpholine rings is 1. The Hall–Kier alpha value is -1.97. The van der Waals surface area contributed by atoms with Crippen LogP contribution in [0.1, 0.15) is 15.2 Å². The fraction of sp³-hybridized carbons (Fsp3) is 0.533. The summed E-state index contributed by atoms with van der Waals surface area (Å²) in [5.74, 6) is -1.33. The second-order valence-corrected chi connectivity index (χ2v) is 6.93. The summed E-state index contributed by atoms with van der Waals surface area (Å²) in [5.41, 5.74) is -0.527. The molecule has 0 saturated carbocycles. The van der Waals surface area contributed by atoms with Crippen molar-refractivity contribution in [1.82, 2.24) is 9.13 Å². The van der Waals surface area contributed by atoms with E-state index in [9.17, 15) is 19.5 Å². The Bertz CT molecular complexity index is 904. The lowest BCUT2D eigenvalue weighted by Crippen LogP contribution is -3.14. The van der Waals surface area contributed by atoms with Gasteiger partial charge in [-0.1, -0.05) is 0 Å². The summed E-state index contributed by atoms with van der Waals surface area (Å²) in [5, 5.41) is 11.6. The van der Waals surface area contributed by atoms with E-state index in [1.165, 1.54) is 16.5 Å². The second kappa shape index (κ2) is 6.50. The maximum atomic E-state index is 12.5. The van der Waals surface area contributed by atoms with E-state index >= 15 is 0 Å². The highest BCUT2D eigenvalue weighted by Gasteiger charge is 2.20. The van der Waals surface area contributed by atoms with Crippen LogP contribution in [0.5, 0.6) is 0 Å². The number of thiophene rings is 1. The average Bonchev–Trinajstić information content (AvgIpc) is 2.91. The van der Waals surface area contributed by atoms with E-state index in [2.05, 4.69) is 0 Å². The molecule has 8 nitrogen and oxygen atoms in total. The molecule has 1 N–H and O–H groups in total. The number of nitrogens with zero attached hydrogens (tertiary/aromatic N) is 2. The number of carboxylic acid groups (broad SMARTS) is 1. The van der Waals surface area contributed by atoms with Crippen LogP contribution in [0.25, 0.3) is 10.2 Å². The van der Waals surface area contributed by atoms with Crippen LogP contribution >= 0.6 is 11.3 Å². The highest BCUT2D eigenvalue weighted by Crippen LogP contribution is 2.27. The lowest BCUT2D eigenvalue weighted by molar-refractivity contribution is -0.908. The number of ether oxygens (including phenoxy) is 1. The molecule has 1 aliphatic rings. The van der Waals surface area contributed by atoms with E-state index in [1.807, 2.05) is 0 Å². The molecule has 1 saturated heterocycles. The molecule has 0 radical (unpaired) electrons. The Morgan fingerprint density at radius 2 is 2.00 bits per heavy atom. The van der Waals surface area contributed by atoms with Crippen molar-refractivity contribution in [2.45, 2.75) is 13.5 Å². The van der Waals surface area contributed by atoms with Crippen LogP contribution in [0.2, 0.25) is 0 Å². The first-order valence-electron chi connectivity index (χ1n) is 7.77. The van der Waals surface area contributed by atoms with Crippen molar-refractivity contribution in [3.05, 3.63) is 31.3 Å². The van der Waals surface area contributed by atoms with Gasteiger partial charge in [-0.25, -0.2) is 4.79 Å². The number of hydrogen-bond acceptors (Lipinski definition) is 6. The molecule has 0 unspecified atom stereocenters. The van der Waals surface area contributed by atoms with Crippen molar-refractivity contribution >= 4 is 27.5 Å². The largest absolute Gasteiger partial charge is 0.544 e. The molecule has 3 heterocycles. The van der Waals surface area contributed by atoms with Gasteiger partial charge in [0.25, 0.3) is 5.56 Å². The highest BCUT2D eigenvalue weighted by atomic mass is 32.1. The Labute approximate surface area is 141 Å². The number of aromatic nitrogens is 2. The van der Waals surface area contributed by atoms with E-state index in [4.69, 9.17) is 4.74 Å². The van der Waals surface area contributed by atoms with Crippen molar-refractivity contribution in [2.24, 2.45) is 7.05 Å². The van der Waals surface area contributed by atoms with Crippen LogP contribution in [0, 0.1) is 6.92 Å². The SMILES string of the molecule is Cc1c(C(=O)[O-])sc2c1c(=O)n(C)c(=O)n2CC[NH+]1CCOCC1. The van der Waals surface area contributed by atoms with E-state index < -0.39 is 17.2 Å². The Morgan fingerprint density at radius 1 is 1.33 bits per heavy atom. The summed E-state index contributed by atoms with van der Waals surface area (Å²) in [6.07, 6.45) is 0. The first kappa shape index (κ1) is 16.9. The highest BCUT2D eigenvalue weighted by molar-refractivity contribution is 7.20. The molecular formula is C15H19N3O5S. The van der Waals surface area contributed by atoms with Crippen molar-refractivity contribution < 1.29 is 19.5 Å². The molecule has 130 valence electrons. The predicted molar refractivity (Wildman–Crippen MR) is 86.8 cm³/mol. The van der Waals surface area contributed by atoms with Crippen LogP contribution < -0.4 is 21.3 Å². The number of aromatic carboxylic acids is 1. The van der Waals surface area contributed by atoms with E-state index in [0.29, 0.717) is 42.1 Å². The second-order valence-electron chi connectivity index (χ2n) is 5.93. The monoisotopic (exact) mass is 353 g/mol. The maximum Gasteiger partial charge on any atom is 0.332 e. The van der Waals surface area contributed by atoms with Crippen LogP contribution in [-0.2, 0) is 18.3 Å². The third-order valence-electron chi connectivity index (χ3n) is 4.48. The van der Waals surface area contributed by atoms with Gasteiger partial charge >= 0.3 is 5.69 Å². The smallest absolute Gasteiger partial charge is 0.332 e. The minimum absolute atomic E-state index is 0.000157. The van der Waals surface area contributed by atoms with Gasteiger partial charge in [-0.15, -0.1) is 11.3 Å². The summed E-state index contributed by atoms with van der Waals surface area (Å²) >= 11 is 0.936. The van der Waals surface area contributed by atoms with Gasteiger partial charge in [0.05, 0.1) is 42.5 Å². The quantitative estimate of drug-likeness (QED) is 0.647. The van der Waals surface area contributed by atoms with Crippen molar-refractivity contribution in [3.63, 3.8) is 0 Å². The number of aryl methyl sites for hydroxylation is 1. The van der Waals surface area contributed by atoms with Crippen molar-refractivity contribution in [3.8, 4) is 0 Å². The first-order chi connectivity index (χ1) is 11.4. The minimum atomic E-state index is -1.33. The third-order valence-corrected chi connectivity index (χ3v) is 5.78. The number of rotatable bonds is 4. The molecular weight excluding hydrogens is 334 g/mol. The predicted octanol–water partition coefficient (Wildman–Crippen LogP) is -2.65. The molecule has 9 heteroatoms. The lowest BCUT2D eigenvalue weighted by Gasteiger charge is -2.24. The number of carbonyl (C=O) groups excluding carboxylic acids is 1.